The fourth-order valence-corrected chi connectivity index (χ4v) is 5.40. The van der Waals surface area contributed by atoms with Crippen molar-refractivity contribution in [1.29, 1.82) is 0 Å². The third-order valence-electron chi connectivity index (χ3n) is 6.07. The fourth-order valence-electron chi connectivity index (χ4n) is 4.26. The molecule has 0 fully saturated rings. The normalized spacial score (nSPS) is 12.0. The molecule has 0 aliphatic carbocycles. The largest absolute Gasteiger partial charge is 0.355 e. The van der Waals surface area contributed by atoms with Gasteiger partial charge in [-0.15, -0.1) is 0 Å². The zero-order chi connectivity index (χ0) is 27.5. The molecule has 0 bridgehead atoms. The van der Waals surface area contributed by atoms with Crippen LogP contribution in [-0.2, 0) is 32.6 Å². The number of anilines is 1. The van der Waals surface area contributed by atoms with Gasteiger partial charge in [0.25, 0.3) is 0 Å². The minimum atomic E-state index is -3.59. The van der Waals surface area contributed by atoms with Gasteiger partial charge in [0.2, 0.25) is 21.8 Å². The number of likely N-dealkylation sites (N-methyl/N-ethyl adjacent to an activating group) is 1. The number of nitrogens with zero attached hydrogens (tertiary/aromatic N) is 2. The Morgan fingerprint density at radius 3 is 2.13 bits per heavy atom. The zero-order valence-electron chi connectivity index (χ0n) is 21.7. The van der Waals surface area contributed by atoms with Crippen LogP contribution in [0.2, 0.25) is 5.02 Å². The maximum absolute atomic E-state index is 13.7. The second-order valence-corrected chi connectivity index (χ2v) is 11.4. The predicted molar refractivity (Wildman–Crippen MR) is 152 cm³/mol. The molecule has 2 amide bonds. The van der Waals surface area contributed by atoms with E-state index in [1.54, 1.807) is 29.2 Å². The van der Waals surface area contributed by atoms with Gasteiger partial charge in [-0.2, -0.15) is 0 Å². The van der Waals surface area contributed by atoms with E-state index in [1.165, 1.54) is 4.31 Å². The lowest BCUT2D eigenvalue weighted by atomic mass is 10.0. The van der Waals surface area contributed by atoms with E-state index in [2.05, 4.69) is 5.32 Å². The second kappa shape index (κ2) is 14.0. The Morgan fingerprint density at radius 2 is 1.55 bits per heavy atom. The van der Waals surface area contributed by atoms with Crippen LogP contribution in [0, 0.1) is 0 Å². The van der Waals surface area contributed by atoms with Gasteiger partial charge in [0, 0.05) is 37.5 Å². The number of carbonyl (C=O) groups is 2. The highest BCUT2D eigenvalue weighted by atomic mass is 35.5. The third kappa shape index (κ3) is 8.60. The van der Waals surface area contributed by atoms with Crippen LogP contribution < -0.4 is 9.62 Å². The SMILES string of the molecule is CCNC(=O)[C@H](Cc1ccccc1)N(Cc1ccccc1)C(=O)CCCN(c1cccc(Cl)c1)S(C)(=O)=O. The minimum absolute atomic E-state index is 0.0735. The van der Waals surface area contributed by atoms with Crippen molar-refractivity contribution in [1.82, 2.24) is 10.2 Å². The maximum atomic E-state index is 13.7. The topological polar surface area (TPSA) is 86.8 Å². The number of rotatable bonds is 13. The lowest BCUT2D eigenvalue weighted by Gasteiger charge is -2.32. The monoisotopic (exact) mass is 555 g/mol. The number of nitrogens with one attached hydrogen (secondary N) is 1. The van der Waals surface area contributed by atoms with Crippen molar-refractivity contribution in [2.75, 3.05) is 23.7 Å². The molecular weight excluding hydrogens is 522 g/mol. The zero-order valence-corrected chi connectivity index (χ0v) is 23.3. The van der Waals surface area contributed by atoms with Gasteiger partial charge < -0.3 is 10.2 Å². The Bertz CT molecular complexity index is 1300. The summed E-state index contributed by atoms with van der Waals surface area (Å²) in [6.45, 7) is 2.66. The van der Waals surface area contributed by atoms with Crippen molar-refractivity contribution < 1.29 is 18.0 Å². The number of hydrogen-bond donors (Lipinski definition) is 1. The Labute approximate surface area is 230 Å². The number of benzene rings is 3. The molecule has 0 aliphatic heterocycles. The second-order valence-electron chi connectivity index (χ2n) is 9.03. The lowest BCUT2D eigenvalue weighted by Crippen LogP contribution is -2.50. The van der Waals surface area contributed by atoms with Crippen LogP contribution in [0.4, 0.5) is 5.69 Å². The van der Waals surface area contributed by atoms with Crippen LogP contribution in [0.25, 0.3) is 0 Å². The Morgan fingerprint density at radius 1 is 0.921 bits per heavy atom. The van der Waals surface area contributed by atoms with Gasteiger partial charge in [-0.1, -0.05) is 78.3 Å². The molecular formula is C29H34ClN3O4S. The molecule has 0 radical (unpaired) electrons. The van der Waals surface area contributed by atoms with E-state index in [0.717, 1.165) is 17.4 Å². The first-order chi connectivity index (χ1) is 18.2. The first-order valence-corrected chi connectivity index (χ1v) is 14.8. The summed E-state index contributed by atoms with van der Waals surface area (Å²) < 4.78 is 26.3. The highest BCUT2D eigenvalue weighted by Crippen LogP contribution is 2.23. The van der Waals surface area contributed by atoms with Crippen molar-refractivity contribution in [2.45, 2.75) is 38.8 Å². The molecule has 0 heterocycles. The number of sulfonamides is 1. The fraction of sp³-hybridized carbons (Fsp3) is 0.310. The van der Waals surface area contributed by atoms with E-state index in [9.17, 15) is 18.0 Å². The summed E-state index contributed by atoms with van der Waals surface area (Å²) in [4.78, 5) is 28.5. The molecule has 0 aliphatic rings. The smallest absolute Gasteiger partial charge is 0.243 e. The highest BCUT2D eigenvalue weighted by Gasteiger charge is 2.30. The van der Waals surface area contributed by atoms with Gasteiger partial charge in [0.05, 0.1) is 11.9 Å². The van der Waals surface area contributed by atoms with Crippen molar-refractivity contribution in [2.24, 2.45) is 0 Å². The standard InChI is InChI=1S/C29H34ClN3O4S/c1-3-31-29(35)27(20-23-12-6-4-7-13-23)32(22-24-14-8-5-9-15-24)28(34)18-11-19-33(38(2,36)37)26-17-10-16-25(30)21-26/h4-10,12-17,21,27H,3,11,18-20,22H2,1-2H3,(H,31,35)/t27-/m0/s1. The van der Waals surface area contributed by atoms with Gasteiger partial charge in [-0.3, -0.25) is 13.9 Å². The van der Waals surface area contributed by atoms with Crippen LogP contribution in [0.3, 0.4) is 0 Å². The average Bonchev–Trinajstić information content (AvgIpc) is 2.89. The first kappa shape index (κ1) is 29.2. The Kier molecular flexibility index (Phi) is 10.7. The molecule has 3 aromatic rings. The van der Waals surface area contributed by atoms with E-state index >= 15 is 0 Å². The Hall–Kier alpha value is -3.36. The molecule has 0 saturated carbocycles. The van der Waals surface area contributed by atoms with Gasteiger partial charge in [-0.25, -0.2) is 8.42 Å². The molecule has 1 N–H and O–H groups in total. The molecule has 3 aromatic carbocycles. The average molecular weight is 556 g/mol. The summed E-state index contributed by atoms with van der Waals surface area (Å²) in [7, 11) is -3.59. The van der Waals surface area contributed by atoms with Crippen LogP contribution >= 0.6 is 11.6 Å². The number of carbonyl (C=O) groups excluding carboxylic acids is 2. The molecule has 1 atom stereocenters. The molecule has 3 rings (SSSR count). The molecule has 0 spiro atoms. The molecule has 0 unspecified atom stereocenters. The van der Waals surface area contributed by atoms with Crippen LogP contribution in [0.5, 0.6) is 0 Å². The maximum Gasteiger partial charge on any atom is 0.243 e. The van der Waals surface area contributed by atoms with Crippen molar-refractivity contribution in [3.05, 3.63) is 101 Å². The van der Waals surface area contributed by atoms with Gasteiger partial charge in [-0.05, 0) is 42.7 Å². The number of hydrogen-bond acceptors (Lipinski definition) is 4. The summed E-state index contributed by atoms with van der Waals surface area (Å²) in [5, 5.41) is 3.30. The molecule has 202 valence electrons. The van der Waals surface area contributed by atoms with Crippen LogP contribution in [-0.4, -0.2) is 50.5 Å². The molecule has 9 heteroatoms. The quantitative estimate of drug-likeness (QED) is 0.332. The van der Waals surface area contributed by atoms with Gasteiger partial charge in [0.1, 0.15) is 6.04 Å². The van der Waals surface area contributed by atoms with E-state index < -0.39 is 16.1 Å². The summed E-state index contributed by atoms with van der Waals surface area (Å²) in [5.74, 6) is -0.446. The molecule has 0 saturated heterocycles. The number of halogens is 1. The van der Waals surface area contributed by atoms with Crippen molar-refractivity contribution >= 4 is 39.1 Å². The van der Waals surface area contributed by atoms with Crippen LogP contribution in [0.15, 0.2) is 84.9 Å². The summed E-state index contributed by atoms with van der Waals surface area (Å²) in [6, 6.07) is 25.0. The Balaban J connectivity index is 1.84. The number of amides is 2. The third-order valence-corrected chi connectivity index (χ3v) is 7.50. The summed E-state index contributed by atoms with van der Waals surface area (Å²) >= 11 is 6.08. The van der Waals surface area contributed by atoms with Crippen LogP contribution in [0.1, 0.15) is 30.9 Å². The minimum Gasteiger partial charge on any atom is -0.355 e. The lowest BCUT2D eigenvalue weighted by molar-refractivity contribution is -0.141. The molecule has 7 nitrogen and oxygen atoms in total. The van der Waals surface area contributed by atoms with Gasteiger partial charge >= 0.3 is 0 Å². The van der Waals surface area contributed by atoms with Crippen molar-refractivity contribution in [3.8, 4) is 0 Å². The summed E-state index contributed by atoms with van der Waals surface area (Å²) in [5.41, 5.74) is 2.29. The first-order valence-electron chi connectivity index (χ1n) is 12.6. The van der Waals surface area contributed by atoms with Crippen molar-refractivity contribution in [3.63, 3.8) is 0 Å². The van der Waals surface area contributed by atoms with E-state index in [-0.39, 0.29) is 37.7 Å². The predicted octanol–water partition coefficient (Wildman–Crippen LogP) is 4.66. The molecule has 0 aromatic heterocycles. The van der Waals surface area contributed by atoms with E-state index in [4.69, 9.17) is 11.6 Å². The van der Waals surface area contributed by atoms with E-state index in [0.29, 0.717) is 23.7 Å². The van der Waals surface area contributed by atoms with Gasteiger partial charge in [0.15, 0.2) is 0 Å². The highest BCUT2D eigenvalue weighted by molar-refractivity contribution is 7.92. The van der Waals surface area contributed by atoms with E-state index in [1.807, 2.05) is 67.6 Å². The molecule has 38 heavy (non-hydrogen) atoms. The summed E-state index contributed by atoms with van der Waals surface area (Å²) in [6.07, 6.45) is 1.84.